The molecular weight excluding hydrogens is 454 g/mol. The summed E-state index contributed by atoms with van der Waals surface area (Å²) >= 11 is 6.23. The van der Waals surface area contributed by atoms with Crippen molar-refractivity contribution in [2.24, 2.45) is 5.73 Å². The first-order valence-corrected chi connectivity index (χ1v) is 11.5. The fourth-order valence-corrected chi connectivity index (χ4v) is 3.77. The Morgan fingerprint density at radius 3 is 2.44 bits per heavy atom. The zero-order valence-electron chi connectivity index (χ0n) is 17.3. The molecule has 0 saturated carbocycles. The Labute approximate surface area is 190 Å². The largest absolute Gasteiger partial charge is 0.336 e. The van der Waals surface area contributed by atoms with Crippen molar-refractivity contribution in [3.63, 3.8) is 0 Å². The highest BCUT2D eigenvalue weighted by Crippen LogP contribution is 2.29. The Morgan fingerprint density at radius 1 is 1.09 bits per heavy atom. The van der Waals surface area contributed by atoms with E-state index in [1.165, 1.54) is 12.4 Å². The molecule has 0 radical (unpaired) electrons. The van der Waals surface area contributed by atoms with Crippen molar-refractivity contribution in [2.45, 2.75) is 24.1 Å². The smallest absolute Gasteiger partial charge is 0.238 e. The molecule has 10 nitrogen and oxygen atoms in total. The molecule has 0 aliphatic rings. The van der Waals surface area contributed by atoms with Crippen LogP contribution in [-0.4, -0.2) is 41.1 Å². The van der Waals surface area contributed by atoms with Crippen LogP contribution >= 0.6 is 11.6 Å². The fourth-order valence-electron chi connectivity index (χ4n) is 2.56. The molecule has 2 aromatic heterocycles. The van der Waals surface area contributed by atoms with E-state index in [0.29, 0.717) is 11.4 Å². The van der Waals surface area contributed by atoms with Crippen molar-refractivity contribution < 1.29 is 13.2 Å². The van der Waals surface area contributed by atoms with Crippen LogP contribution in [0.3, 0.4) is 0 Å². The van der Waals surface area contributed by atoms with Gasteiger partial charge in [0.15, 0.2) is 20.7 Å². The van der Waals surface area contributed by atoms with Crippen LogP contribution in [0.4, 0.5) is 28.8 Å². The van der Waals surface area contributed by atoms with Gasteiger partial charge in [-0.05, 0) is 50.2 Å². The topological polar surface area (TPSA) is 152 Å². The minimum absolute atomic E-state index is 0.0886. The molecule has 0 fully saturated rings. The van der Waals surface area contributed by atoms with Crippen LogP contribution in [0.1, 0.15) is 13.8 Å². The molecule has 1 aromatic carbocycles. The molecule has 32 heavy (non-hydrogen) atoms. The van der Waals surface area contributed by atoms with Crippen LogP contribution in [0.25, 0.3) is 0 Å². The average molecular weight is 476 g/mol. The normalized spacial score (nSPS) is 11.3. The van der Waals surface area contributed by atoms with E-state index >= 15 is 0 Å². The van der Waals surface area contributed by atoms with Crippen molar-refractivity contribution in [3.05, 3.63) is 53.8 Å². The summed E-state index contributed by atoms with van der Waals surface area (Å²) in [6.07, 6.45) is 2.80. The molecule has 0 aliphatic carbocycles. The van der Waals surface area contributed by atoms with Gasteiger partial charge in [-0.15, -0.1) is 0 Å². The monoisotopic (exact) mass is 475 g/mol. The fraction of sp³-hybridized carbons (Fsp3) is 0.200. The molecule has 12 heteroatoms. The number of carbonyl (C=O) groups is 1. The van der Waals surface area contributed by atoms with Crippen LogP contribution in [0.15, 0.2) is 53.8 Å². The third-order valence-electron chi connectivity index (χ3n) is 4.27. The van der Waals surface area contributed by atoms with Gasteiger partial charge in [0, 0.05) is 17.6 Å². The van der Waals surface area contributed by atoms with Crippen molar-refractivity contribution in [1.82, 2.24) is 15.0 Å². The first-order chi connectivity index (χ1) is 15.2. The molecule has 3 aromatic rings. The molecule has 1 amide bonds. The Hall–Kier alpha value is -3.28. The number of sulfone groups is 1. The highest BCUT2D eigenvalue weighted by molar-refractivity contribution is 7.92. The first-order valence-electron chi connectivity index (χ1n) is 9.56. The summed E-state index contributed by atoms with van der Waals surface area (Å²) in [6, 6.07) is 10.0. The molecule has 0 spiro atoms. The van der Waals surface area contributed by atoms with E-state index in [9.17, 15) is 13.2 Å². The minimum Gasteiger partial charge on any atom is -0.336 e. The zero-order valence-corrected chi connectivity index (χ0v) is 18.9. The maximum atomic E-state index is 12.6. The van der Waals surface area contributed by atoms with E-state index in [4.69, 9.17) is 17.3 Å². The number of amides is 1. The summed E-state index contributed by atoms with van der Waals surface area (Å²) in [6.45, 7) is 3.06. The van der Waals surface area contributed by atoms with Gasteiger partial charge in [0.05, 0.1) is 23.7 Å². The van der Waals surface area contributed by atoms with E-state index < -0.39 is 15.1 Å². The van der Waals surface area contributed by atoms with Crippen LogP contribution in [0.2, 0.25) is 5.02 Å². The number of aromatic nitrogens is 3. The number of rotatable bonds is 8. The standard InChI is InChI=1S/C20H22ClN7O3S/c1-12(2)32(30,31)19-16(4-3-9-23-19)27-18-15(21)11-24-20(28-18)26-14-7-5-13(6-8-14)25-17(29)10-22/h3-9,11-12H,10,22H2,1-2H3,(H,25,29)(H2,24,26,27,28). The summed E-state index contributed by atoms with van der Waals surface area (Å²) in [7, 11) is -3.63. The van der Waals surface area contributed by atoms with Crippen LogP contribution < -0.4 is 21.7 Å². The lowest BCUT2D eigenvalue weighted by atomic mass is 10.3. The van der Waals surface area contributed by atoms with E-state index in [1.807, 2.05) is 0 Å². The number of halogens is 1. The van der Waals surface area contributed by atoms with Crippen molar-refractivity contribution in [2.75, 3.05) is 22.5 Å². The van der Waals surface area contributed by atoms with Gasteiger partial charge in [-0.1, -0.05) is 11.6 Å². The second-order valence-electron chi connectivity index (χ2n) is 6.92. The first kappa shape index (κ1) is 23.4. The van der Waals surface area contributed by atoms with Crippen molar-refractivity contribution in [3.8, 4) is 0 Å². The molecule has 0 saturated heterocycles. The number of hydrogen-bond donors (Lipinski definition) is 4. The summed E-state index contributed by atoms with van der Waals surface area (Å²) in [5.74, 6) is 0.147. The Balaban J connectivity index is 1.83. The third kappa shape index (κ3) is 5.49. The van der Waals surface area contributed by atoms with E-state index in [1.54, 1.807) is 50.2 Å². The minimum atomic E-state index is -3.63. The van der Waals surface area contributed by atoms with Gasteiger partial charge in [-0.25, -0.2) is 18.4 Å². The average Bonchev–Trinajstić information content (AvgIpc) is 2.77. The molecule has 0 unspecified atom stereocenters. The van der Waals surface area contributed by atoms with Gasteiger partial charge in [0.2, 0.25) is 11.9 Å². The van der Waals surface area contributed by atoms with Crippen LogP contribution in [0, 0.1) is 0 Å². The zero-order chi connectivity index (χ0) is 23.3. The second kappa shape index (κ2) is 9.90. The lowest BCUT2D eigenvalue weighted by molar-refractivity contribution is -0.114. The van der Waals surface area contributed by atoms with E-state index in [2.05, 4.69) is 30.9 Å². The van der Waals surface area contributed by atoms with Gasteiger partial charge in [0.25, 0.3) is 0 Å². The van der Waals surface area contributed by atoms with E-state index in [0.717, 1.165) is 0 Å². The number of nitrogens with two attached hydrogens (primary N) is 1. The van der Waals surface area contributed by atoms with Crippen molar-refractivity contribution in [1.29, 1.82) is 0 Å². The molecular formula is C20H22ClN7O3S. The van der Waals surface area contributed by atoms with Crippen LogP contribution in [0.5, 0.6) is 0 Å². The van der Waals surface area contributed by atoms with E-state index in [-0.39, 0.29) is 40.0 Å². The molecule has 0 atom stereocenters. The maximum Gasteiger partial charge on any atom is 0.238 e. The number of hydrogen-bond acceptors (Lipinski definition) is 9. The van der Waals surface area contributed by atoms with Gasteiger partial charge in [-0.2, -0.15) is 4.98 Å². The predicted molar refractivity (Wildman–Crippen MR) is 124 cm³/mol. The number of benzene rings is 1. The Kier molecular flexibility index (Phi) is 7.23. The maximum absolute atomic E-state index is 12.6. The SMILES string of the molecule is CC(C)S(=O)(=O)c1ncccc1Nc1nc(Nc2ccc(NC(=O)CN)cc2)ncc1Cl. The summed E-state index contributed by atoms with van der Waals surface area (Å²) in [4.78, 5) is 23.9. The third-order valence-corrected chi connectivity index (χ3v) is 6.65. The summed E-state index contributed by atoms with van der Waals surface area (Å²) < 4.78 is 25.3. The molecule has 2 heterocycles. The Bertz CT molecular complexity index is 1220. The molecule has 5 N–H and O–H groups in total. The molecule has 3 rings (SSSR count). The number of carbonyl (C=O) groups excluding carboxylic acids is 1. The molecule has 0 aliphatic heterocycles. The number of anilines is 5. The van der Waals surface area contributed by atoms with Crippen molar-refractivity contribution >= 4 is 56.2 Å². The number of nitrogens with one attached hydrogen (secondary N) is 3. The van der Waals surface area contributed by atoms with Gasteiger partial charge in [-0.3, -0.25) is 4.79 Å². The number of pyridine rings is 1. The summed E-state index contributed by atoms with van der Waals surface area (Å²) in [5, 5.41) is 8.08. The summed E-state index contributed by atoms with van der Waals surface area (Å²) in [5.41, 5.74) is 6.80. The molecule has 0 bridgehead atoms. The van der Waals surface area contributed by atoms with Gasteiger partial charge < -0.3 is 21.7 Å². The van der Waals surface area contributed by atoms with Gasteiger partial charge >= 0.3 is 0 Å². The Morgan fingerprint density at radius 2 is 1.78 bits per heavy atom. The highest BCUT2D eigenvalue weighted by Gasteiger charge is 2.24. The molecule has 168 valence electrons. The second-order valence-corrected chi connectivity index (χ2v) is 9.75. The quantitative estimate of drug-likeness (QED) is 0.385. The predicted octanol–water partition coefficient (Wildman–Crippen LogP) is 3.09. The number of nitrogens with zero attached hydrogens (tertiary/aromatic N) is 3. The highest BCUT2D eigenvalue weighted by atomic mass is 35.5. The lowest BCUT2D eigenvalue weighted by Gasteiger charge is -2.14. The lowest BCUT2D eigenvalue weighted by Crippen LogP contribution is -2.21. The van der Waals surface area contributed by atoms with Gasteiger partial charge in [0.1, 0.15) is 5.02 Å². The van der Waals surface area contributed by atoms with Crippen LogP contribution in [-0.2, 0) is 14.6 Å².